The minimum absolute atomic E-state index is 0.821. The van der Waals surface area contributed by atoms with Gasteiger partial charge in [-0.2, -0.15) is 0 Å². The zero-order valence-corrected chi connectivity index (χ0v) is 6.89. The molecule has 0 fully saturated rings. The Bertz CT molecular complexity index is 166. The molecule has 0 aliphatic carbocycles. The Hall–Kier alpha value is -0.920. The average molecular weight is 138 g/mol. The fraction of sp³-hybridized carbons (Fsp3) is 0.500. The van der Waals surface area contributed by atoms with Gasteiger partial charge in [0.15, 0.2) is 0 Å². The van der Waals surface area contributed by atoms with Crippen LogP contribution in [0.3, 0.4) is 0 Å². The molecule has 0 atom stereocenters. The summed E-state index contributed by atoms with van der Waals surface area (Å²) in [5.74, 6) is 0. The van der Waals surface area contributed by atoms with Crippen LogP contribution in [-0.2, 0) is 0 Å². The number of nitrogens with zero attached hydrogens (tertiary/aromatic N) is 2. The molecule has 0 aliphatic heterocycles. The number of aliphatic imine (C=N–C) groups is 2. The zero-order chi connectivity index (χ0) is 7.98. The molecular formula is C8H14N2. The lowest BCUT2D eigenvalue weighted by molar-refractivity contribution is 1.13. The van der Waals surface area contributed by atoms with Crippen molar-refractivity contribution < 1.29 is 0 Å². The van der Waals surface area contributed by atoms with Gasteiger partial charge >= 0.3 is 0 Å². The third kappa shape index (κ3) is 3.17. The second-order valence-electron chi connectivity index (χ2n) is 2.05. The highest BCUT2D eigenvalue weighted by Crippen LogP contribution is 1.99. The Morgan fingerprint density at radius 2 is 2.10 bits per heavy atom. The molecule has 56 valence electrons. The van der Waals surface area contributed by atoms with Gasteiger partial charge in [0.1, 0.15) is 0 Å². The van der Waals surface area contributed by atoms with Crippen LogP contribution in [0.4, 0.5) is 0 Å². The Morgan fingerprint density at radius 1 is 1.50 bits per heavy atom. The van der Waals surface area contributed by atoms with Gasteiger partial charge in [-0.3, -0.25) is 9.98 Å². The van der Waals surface area contributed by atoms with Crippen LogP contribution in [0.5, 0.6) is 0 Å². The molecule has 0 aromatic heterocycles. The van der Waals surface area contributed by atoms with Crippen LogP contribution in [0, 0.1) is 0 Å². The lowest BCUT2D eigenvalue weighted by atomic mass is 10.3. The molecule has 0 unspecified atom stereocenters. The van der Waals surface area contributed by atoms with Gasteiger partial charge in [-0.15, -0.1) is 0 Å². The molecule has 0 aliphatic rings. The molecule has 0 saturated carbocycles. The lowest BCUT2D eigenvalue weighted by Crippen LogP contribution is -1.83. The van der Waals surface area contributed by atoms with Crippen molar-refractivity contribution in [3.05, 3.63) is 11.3 Å². The molecule has 0 bridgehead atoms. The van der Waals surface area contributed by atoms with Gasteiger partial charge in [-0.1, -0.05) is 0 Å². The summed E-state index contributed by atoms with van der Waals surface area (Å²) >= 11 is 0. The molecule has 10 heavy (non-hydrogen) atoms. The molecule has 0 radical (unpaired) electrons. The van der Waals surface area contributed by atoms with E-state index in [1.807, 2.05) is 27.0 Å². The minimum atomic E-state index is 0.821. The number of hydrogen-bond acceptors (Lipinski definition) is 2. The van der Waals surface area contributed by atoms with Gasteiger partial charge in [-0.05, 0) is 33.1 Å². The van der Waals surface area contributed by atoms with Gasteiger partial charge in [0.05, 0.1) is 0 Å². The maximum Gasteiger partial charge on any atom is 0.0409 e. The molecule has 2 nitrogen and oxygen atoms in total. The first-order chi connectivity index (χ1) is 4.72. The fourth-order valence-electron chi connectivity index (χ4n) is 0.446. The van der Waals surface area contributed by atoms with Crippen LogP contribution in [0.1, 0.15) is 20.8 Å². The molecule has 0 heterocycles. The van der Waals surface area contributed by atoms with E-state index in [2.05, 4.69) is 16.7 Å². The van der Waals surface area contributed by atoms with Crippen LogP contribution < -0.4 is 0 Å². The number of allylic oxidation sites excluding steroid dienone is 2. The third-order valence-corrected chi connectivity index (χ3v) is 1.28. The van der Waals surface area contributed by atoms with E-state index in [-0.39, 0.29) is 0 Å². The first-order valence-corrected chi connectivity index (χ1v) is 3.36. The summed E-state index contributed by atoms with van der Waals surface area (Å²) in [5, 5.41) is 0. The van der Waals surface area contributed by atoms with Crippen molar-refractivity contribution in [3.63, 3.8) is 0 Å². The van der Waals surface area contributed by atoms with E-state index in [0.29, 0.717) is 0 Å². The predicted octanol–water partition coefficient (Wildman–Crippen LogP) is 2.07. The van der Waals surface area contributed by atoms with E-state index in [1.54, 1.807) is 0 Å². The largest absolute Gasteiger partial charge is 0.293 e. The zero-order valence-electron chi connectivity index (χ0n) is 6.89. The molecule has 0 spiro atoms. The normalized spacial score (nSPS) is 13.5. The van der Waals surface area contributed by atoms with Crippen LogP contribution in [0.15, 0.2) is 21.3 Å². The minimum Gasteiger partial charge on any atom is -0.293 e. The molecule has 0 aromatic rings. The molecule has 0 aromatic carbocycles. The van der Waals surface area contributed by atoms with E-state index in [4.69, 9.17) is 0 Å². The van der Waals surface area contributed by atoms with Gasteiger partial charge < -0.3 is 0 Å². The summed E-state index contributed by atoms with van der Waals surface area (Å²) in [6, 6.07) is 0. The SMILES string of the molecule is C=N/C(C)=C(/C)C=NCC. The first kappa shape index (κ1) is 9.08. The Balaban J connectivity index is 4.17. The highest BCUT2D eigenvalue weighted by Gasteiger charge is 1.86. The van der Waals surface area contributed by atoms with E-state index < -0.39 is 0 Å². The highest BCUT2D eigenvalue weighted by molar-refractivity contribution is 5.78. The van der Waals surface area contributed by atoms with E-state index >= 15 is 0 Å². The molecule has 0 N–H and O–H groups in total. The third-order valence-electron chi connectivity index (χ3n) is 1.28. The Morgan fingerprint density at radius 3 is 2.50 bits per heavy atom. The topological polar surface area (TPSA) is 24.7 Å². The van der Waals surface area contributed by atoms with Crippen LogP contribution >= 0.6 is 0 Å². The number of hydrogen-bond donors (Lipinski definition) is 0. The summed E-state index contributed by atoms with van der Waals surface area (Å²) in [4.78, 5) is 7.85. The summed E-state index contributed by atoms with van der Waals surface area (Å²) in [6.45, 7) is 10.1. The van der Waals surface area contributed by atoms with Crippen molar-refractivity contribution >= 4 is 12.9 Å². The van der Waals surface area contributed by atoms with Gasteiger partial charge in [0.25, 0.3) is 0 Å². The fourth-order valence-corrected chi connectivity index (χ4v) is 0.446. The summed E-state index contributed by atoms with van der Waals surface area (Å²) < 4.78 is 0. The summed E-state index contributed by atoms with van der Waals surface area (Å²) in [6.07, 6.45) is 1.82. The molecular weight excluding hydrogens is 124 g/mol. The molecule has 0 amide bonds. The molecule has 0 rings (SSSR count). The van der Waals surface area contributed by atoms with Crippen molar-refractivity contribution in [2.45, 2.75) is 20.8 Å². The second kappa shape index (κ2) is 4.91. The monoisotopic (exact) mass is 138 g/mol. The van der Waals surface area contributed by atoms with Gasteiger partial charge in [-0.25, -0.2) is 0 Å². The predicted molar refractivity (Wildman–Crippen MR) is 47.0 cm³/mol. The number of rotatable bonds is 3. The maximum atomic E-state index is 4.07. The quantitative estimate of drug-likeness (QED) is 0.533. The van der Waals surface area contributed by atoms with Gasteiger partial charge in [0.2, 0.25) is 0 Å². The summed E-state index contributed by atoms with van der Waals surface area (Å²) in [5.41, 5.74) is 2.02. The van der Waals surface area contributed by atoms with E-state index in [9.17, 15) is 0 Å². The van der Waals surface area contributed by atoms with E-state index in [1.165, 1.54) is 0 Å². The van der Waals surface area contributed by atoms with E-state index in [0.717, 1.165) is 17.8 Å². The lowest BCUT2D eigenvalue weighted by Gasteiger charge is -1.93. The highest BCUT2D eigenvalue weighted by atomic mass is 14.7. The van der Waals surface area contributed by atoms with Crippen molar-refractivity contribution in [1.82, 2.24) is 0 Å². The van der Waals surface area contributed by atoms with Crippen molar-refractivity contribution in [2.24, 2.45) is 9.98 Å². The second-order valence-corrected chi connectivity index (χ2v) is 2.05. The van der Waals surface area contributed by atoms with Crippen molar-refractivity contribution in [1.29, 1.82) is 0 Å². The van der Waals surface area contributed by atoms with Crippen LogP contribution in [-0.4, -0.2) is 19.5 Å². The standard InChI is InChI=1S/C8H14N2/c1-5-10-6-7(2)8(3)9-4/h6H,4-5H2,1-3H3/b8-7-,10-6?. The van der Waals surface area contributed by atoms with Crippen molar-refractivity contribution in [2.75, 3.05) is 6.54 Å². The maximum absolute atomic E-state index is 4.07. The van der Waals surface area contributed by atoms with Crippen LogP contribution in [0.2, 0.25) is 0 Å². The Labute approximate surface area is 62.4 Å². The average Bonchev–Trinajstić information content (AvgIpc) is 1.98. The van der Waals surface area contributed by atoms with Gasteiger partial charge in [0, 0.05) is 18.5 Å². The first-order valence-electron chi connectivity index (χ1n) is 3.36. The smallest absolute Gasteiger partial charge is 0.0409 e. The van der Waals surface area contributed by atoms with Crippen LogP contribution in [0.25, 0.3) is 0 Å². The summed E-state index contributed by atoms with van der Waals surface area (Å²) in [7, 11) is 0. The Kier molecular flexibility index (Phi) is 4.46. The van der Waals surface area contributed by atoms with Crippen molar-refractivity contribution in [3.8, 4) is 0 Å². The molecule has 2 heteroatoms. The molecule has 0 saturated heterocycles.